The van der Waals surface area contributed by atoms with Crippen LogP contribution in [0.2, 0.25) is 0 Å². The molecule has 0 spiro atoms. The molecule has 0 saturated heterocycles. The third-order valence-corrected chi connectivity index (χ3v) is 3.62. The van der Waals surface area contributed by atoms with Crippen LogP contribution in [0.3, 0.4) is 0 Å². The third kappa shape index (κ3) is 2.96. The largest absolute Gasteiger partial charge is 0.389 e. The van der Waals surface area contributed by atoms with Gasteiger partial charge in [-0.15, -0.1) is 0 Å². The van der Waals surface area contributed by atoms with Crippen molar-refractivity contribution in [1.29, 1.82) is 0 Å². The van der Waals surface area contributed by atoms with E-state index in [1.807, 2.05) is 19.1 Å². The van der Waals surface area contributed by atoms with E-state index in [-0.39, 0.29) is 16.2 Å². The first-order chi connectivity index (χ1) is 9.40. The van der Waals surface area contributed by atoms with Gasteiger partial charge in [-0.05, 0) is 52.7 Å². The van der Waals surface area contributed by atoms with Crippen LogP contribution in [0.5, 0.6) is 0 Å². The summed E-state index contributed by atoms with van der Waals surface area (Å²) in [6, 6.07) is 8.27. The van der Waals surface area contributed by atoms with Crippen LogP contribution in [-0.2, 0) is 0 Å². The van der Waals surface area contributed by atoms with Gasteiger partial charge < -0.3 is 11.1 Å². The fourth-order valence-corrected chi connectivity index (χ4v) is 2.45. The first-order valence-electron chi connectivity index (χ1n) is 5.71. The molecule has 0 saturated carbocycles. The average molecular weight is 357 g/mol. The summed E-state index contributed by atoms with van der Waals surface area (Å²) in [6.45, 7) is 1.94. The Kier molecular flexibility index (Phi) is 4.35. The minimum absolute atomic E-state index is 0.0204. The molecule has 104 valence electrons. The van der Waals surface area contributed by atoms with E-state index in [9.17, 15) is 8.78 Å². The van der Waals surface area contributed by atoms with E-state index < -0.39 is 11.6 Å². The van der Waals surface area contributed by atoms with E-state index in [0.717, 1.165) is 10.0 Å². The molecular formula is C14H11BrF2N2S. The van der Waals surface area contributed by atoms with Crippen LogP contribution in [0, 0.1) is 18.6 Å². The molecule has 0 fully saturated rings. The highest BCUT2D eigenvalue weighted by atomic mass is 79.9. The second-order valence-corrected chi connectivity index (χ2v) is 5.56. The zero-order valence-corrected chi connectivity index (χ0v) is 12.9. The van der Waals surface area contributed by atoms with Crippen LogP contribution in [0.1, 0.15) is 11.1 Å². The highest BCUT2D eigenvalue weighted by Gasteiger charge is 2.15. The molecule has 0 radical (unpaired) electrons. The molecular weight excluding hydrogens is 346 g/mol. The highest BCUT2D eigenvalue weighted by molar-refractivity contribution is 9.10. The molecule has 0 aliphatic heterocycles. The van der Waals surface area contributed by atoms with Crippen molar-refractivity contribution in [1.82, 2.24) is 0 Å². The van der Waals surface area contributed by atoms with Crippen molar-refractivity contribution < 1.29 is 8.78 Å². The Bertz CT molecular complexity index is 689. The molecule has 2 nitrogen and oxygen atoms in total. The number of nitrogens with two attached hydrogens (primary N) is 1. The molecule has 2 rings (SSSR count). The maximum atomic E-state index is 14.0. The predicted molar refractivity (Wildman–Crippen MR) is 84.4 cm³/mol. The van der Waals surface area contributed by atoms with Crippen molar-refractivity contribution in [2.75, 3.05) is 5.32 Å². The van der Waals surface area contributed by atoms with Gasteiger partial charge in [0.2, 0.25) is 0 Å². The van der Waals surface area contributed by atoms with Crippen molar-refractivity contribution in [3.63, 3.8) is 0 Å². The fraction of sp³-hybridized carbons (Fsp3) is 0.0714. The van der Waals surface area contributed by atoms with Crippen LogP contribution < -0.4 is 11.1 Å². The lowest BCUT2D eigenvalue weighted by molar-refractivity contribution is 0.510. The lowest BCUT2D eigenvalue weighted by atomic mass is 10.1. The summed E-state index contributed by atoms with van der Waals surface area (Å²) in [7, 11) is 0. The Morgan fingerprint density at radius 2 is 1.80 bits per heavy atom. The Morgan fingerprint density at radius 3 is 2.40 bits per heavy atom. The average Bonchev–Trinajstić information content (AvgIpc) is 2.37. The van der Waals surface area contributed by atoms with E-state index in [1.165, 1.54) is 12.1 Å². The maximum absolute atomic E-state index is 14.0. The smallest absolute Gasteiger partial charge is 0.182 e. The first-order valence-corrected chi connectivity index (χ1v) is 6.91. The summed E-state index contributed by atoms with van der Waals surface area (Å²) in [5.41, 5.74) is 6.93. The van der Waals surface area contributed by atoms with Gasteiger partial charge >= 0.3 is 0 Å². The lowest BCUT2D eigenvalue weighted by Gasteiger charge is -2.12. The third-order valence-electron chi connectivity index (χ3n) is 2.74. The topological polar surface area (TPSA) is 38.0 Å². The van der Waals surface area contributed by atoms with E-state index in [1.54, 1.807) is 6.07 Å². The molecule has 3 N–H and O–H groups in total. The molecule has 20 heavy (non-hydrogen) atoms. The molecule has 0 aliphatic carbocycles. The summed E-state index contributed by atoms with van der Waals surface area (Å²) in [6.07, 6.45) is 0. The summed E-state index contributed by atoms with van der Waals surface area (Å²) < 4.78 is 28.5. The molecule has 0 heterocycles. The van der Waals surface area contributed by atoms with Crippen molar-refractivity contribution in [2.24, 2.45) is 5.73 Å². The van der Waals surface area contributed by atoms with Gasteiger partial charge in [0.05, 0.1) is 11.4 Å². The fourth-order valence-electron chi connectivity index (χ4n) is 1.70. The van der Waals surface area contributed by atoms with Gasteiger partial charge in [-0.2, -0.15) is 0 Å². The van der Waals surface area contributed by atoms with Crippen molar-refractivity contribution in [2.45, 2.75) is 6.92 Å². The summed E-state index contributed by atoms with van der Waals surface area (Å²) in [5, 5.41) is 2.83. The van der Waals surface area contributed by atoms with Crippen LogP contribution in [0.25, 0.3) is 0 Å². The van der Waals surface area contributed by atoms with E-state index >= 15 is 0 Å². The predicted octanol–water partition coefficient (Wildman–Crippen LogP) is 4.41. The standard InChI is InChI=1S/C14H11BrF2N2S/c1-7-2-4-10(9(15)6-7)19-11-5-3-8(14(18)20)12(16)13(11)17/h2-6,19H,1H3,(H2,18,20). The lowest BCUT2D eigenvalue weighted by Crippen LogP contribution is -2.13. The monoisotopic (exact) mass is 356 g/mol. The van der Waals surface area contributed by atoms with Crippen molar-refractivity contribution in [3.8, 4) is 0 Å². The quantitative estimate of drug-likeness (QED) is 0.799. The normalized spacial score (nSPS) is 10.4. The van der Waals surface area contributed by atoms with Gasteiger partial charge in [0, 0.05) is 10.0 Å². The Hall–Kier alpha value is -1.53. The zero-order chi connectivity index (χ0) is 14.9. The second kappa shape index (κ2) is 5.85. The zero-order valence-electron chi connectivity index (χ0n) is 10.5. The van der Waals surface area contributed by atoms with Gasteiger partial charge in [-0.1, -0.05) is 18.3 Å². The number of nitrogens with one attached hydrogen (secondary N) is 1. The van der Waals surface area contributed by atoms with E-state index in [0.29, 0.717) is 5.69 Å². The number of halogens is 3. The number of hydrogen-bond acceptors (Lipinski definition) is 2. The molecule has 0 bridgehead atoms. The summed E-state index contributed by atoms with van der Waals surface area (Å²) >= 11 is 8.03. The number of anilines is 2. The van der Waals surface area contributed by atoms with Crippen molar-refractivity contribution >= 4 is 44.5 Å². The van der Waals surface area contributed by atoms with Crippen molar-refractivity contribution in [3.05, 3.63) is 57.6 Å². The van der Waals surface area contributed by atoms with Crippen LogP contribution in [-0.4, -0.2) is 4.99 Å². The number of aryl methyl sites for hydroxylation is 1. The molecule has 2 aromatic carbocycles. The Labute approximate surface area is 129 Å². The molecule has 0 aliphatic rings. The summed E-state index contributed by atoms with van der Waals surface area (Å²) in [4.78, 5) is -0.176. The van der Waals surface area contributed by atoms with E-state index in [4.69, 9.17) is 5.73 Å². The van der Waals surface area contributed by atoms with Gasteiger partial charge in [0.1, 0.15) is 4.99 Å². The van der Waals surface area contributed by atoms with Gasteiger partial charge in [-0.3, -0.25) is 0 Å². The Balaban J connectivity index is 2.39. The molecule has 0 aromatic heterocycles. The Morgan fingerprint density at radius 1 is 1.15 bits per heavy atom. The van der Waals surface area contributed by atoms with Crippen LogP contribution in [0.4, 0.5) is 20.2 Å². The second-order valence-electron chi connectivity index (χ2n) is 4.26. The van der Waals surface area contributed by atoms with Gasteiger partial charge in [0.15, 0.2) is 11.6 Å². The van der Waals surface area contributed by atoms with Gasteiger partial charge in [0.25, 0.3) is 0 Å². The van der Waals surface area contributed by atoms with Gasteiger partial charge in [-0.25, -0.2) is 8.78 Å². The molecule has 2 aromatic rings. The minimum Gasteiger partial charge on any atom is -0.389 e. The number of thiocarbonyl (C=S) groups is 1. The van der Waals surface area contributed by atoms with Crippen LogP contribution in [0.15, 0.2) is 34.8 Å². The number of hydrogen-bond donors (Lipinski definition) is 2. The minimum atomic E-state index is -1.05. The molecule has 0 atom stereocenters. The molecule has 0 unspecified atom stereocenters. The number of rotatable bonds is 3. The SMILES string of the molecule is Cc1ccc(Nc2ccc(C(N)=S)c(F)c2F)c(Br)c1. The first kappa shape index (κ1) is 14.9. The summed E-state index contributed by atoms with van der Waals surface area (Å²) in [5.74, 6) is -2.06. The molecule has 0 amide bonds. The van der Waals surface area contributed by atoms with Crippen LogP contribution >= 0.6 is 28.1 Å². The number of benzene rings is 2. The highest BCUT2D eigenvalue weighted by Crippen LogP contribution is 2.29. The molecule has 6 heteroatoms. The van der Waals surface area contributed by atoms with E-state index in [2.05, 4.69) is 33.5 Å². The maximum Gasteiger partial charge on any atom is 0.182 e.